The minimum Gasteiger partial charge on any atom is -0.493 e. The number of methoxy groups -OCH3 is 1. The van der Waals surface area contributed by atoms with Crippen molar-refractivity contribution in [1.82, 2.24) is 0 Å². The Bertz CT molecular complexity index is 749. The lowest BCUT2D eigenvalue weighted by atomic mass is 10.2. The highest BCUT2D eigenvalue weighted by atomic mass is 35.5. The van der Waals surface area contributed by atoms with Gasteiger partial charge in [0.25, 0.3) is 11.6 Å². The van der Waals surface area contributed by atoms with Gasteiger partial charge in [-0.25, -0.2) is 0 Å². The van der Waals surface area contributed by atoms with Gasteiger partial charge < -0.3 is 14.8 Å². The van der Waals surface area contributed by atoms with Crippen LogP contribution in [0.4, 0.5) is 11.4 Å². The molecule has 1 unspecified atom stereocenters. The number of carbonyl (C=O) groups excluding carboxylic acids is 1. The molecular weight excluding hydrogens is 336 g/mol. The Hall–Kier alpha value is -2.80. The van der Waals surface area contributed by atoms with Crippen LogP contribution < -0.4 is 14.8 Å². The summed E-state index contributed by atoms with van der Waals surface area (Å²) in [6.07, 6.45) is -0.892. The lowest BCUT2D eigenvalue weighted by molar-refractivity contribution is -0.385. The van der Waals surface area contributed by atoms with Crippen LogP contribution in [0.15, 0.2) is 42.5 Å². The van der Waals surface area contributed by atoms with E-state index in [1.807, 2.05) is 0 Å². The molecule has 126 valence electrons. The van der Waals surface area contributed by atoms with E-state index in [0.29, 0.717) is 16.5 Å². The van der Waals surface area contributed by atoms with E-state index in [1.54, 1.807) is 24.3 Å². The van der Waals surface area contributed by atoms with Gasteiger partial charge in [0, 0.05) is 16.8 Å². The van der Waals surface area contributed by atoms with Crippen molar-refractivity contribution in [2.45, 2.75) is 13.0 Å². The molecule has 0 aromatic heterocycles. The van der Waals surface area contributed by atoms with Gasteiger partial charge in [-0.2, -0.15) is 0 Å². The third kappa shape index (κ3) is 4.36. The number of nitro benzene ring substituents is 1. The fourth-order valence-corrected chi connectivity index (χ4v) is 2.02. The van der Waals surface area contributed by atoms with Gasteiger partial charge in [-0.05, 0) is 37.3 Å². The van der Waals surface area contributed by atoms with E-state index in [2.05, 4.69) is 5.32 Å². The zero-order chi connectivity index (χ0) is 17.7. The molecule has 0 bridgehead atoms. The summed E-state index contributed by atoms with van der Waals surface area (Å²) in [7, 11) is 1.41. The van der Waals surface area contributed by atoms with Crippen molar-refractivity contribution in [3.63, 3.8) is 0 Å². The van der Waals surface area contributed by atoms with Gasteiger partial charge in [-0.15, -0.1) is 0 Å². The van der Waals surface area contributed by atoms with Gasteiger partial charge in [0.05, 0.1) is 18.1 Å². The number of rotatable bonds is 6. The van der Waals surface area contributed by atoms with E-state index in [4.69, 9.17) is 21.1 Å². The van der Waals surface area contributed by atoms with E-state index in [-0.39, 0.29) is 11.4 Å². The first-order valence-corrected chi connectivity index (χ1v) is 7.34. The number of nitrogens with one attached hydrogen (secondary N) is 1. The van der Waals surface area contributed by atoms with Gasteiger partial charge >= 0.3 is 0 Å². The summed E-state index contributed by atoms with van der Waals surface area (Å²) in [4.78, 5) is 22.5. The zero-order valence-electron chi connectivity index (χ0n) is 13.0. The van der Waals surface area contributed by atoms with Gasteiger partial charge in [0.1, 0.15) is 0 Å². The molecule has 7 nitrogen and oxygen atoms in total. The van der Waals surface area contributed by atoms with Crippen molar-refractivity contribution in [2.75, 3.05) is 12.4 Å². The van der Waals surface area contributed by atoms with Crippen LogP contribution in [-0.4, -0.2) is 24.0 Å². The second kappa shape index (κ2) is 7.65. The fourth-order valence-electron chi connectivity index (χ4n) is 1.89. The Morgan fingerprint density at radius 1 is 1.21 bits per heavy atom. The number of hydrogen-bond acceptors (Lipinski definition) is 5. The van der Waals surface area contributed by atoms with Gasteiger partial charge in [0.2, 0.25) is 0 Å². The average Bonchev–Trinajstić information content (AvgIpc) is 2.56. The van der Waals surface area contributed by atoms with Crippen LogP contribution in [0.1, 0.15) is 6.92 Å². The van der Waals surface area contributed by atoms with E-state index >= 15 is 0 Å². The van der Waals surface area contributed by atoms with Gasteiger partial charge in [-0.1, -0.05) is 11.6 Å². The molecule has 1 N–H and O–H groups in total. The van der Waals surface area contributed by atoms with Crippen LogP contribution in [0.25, 0.3) is 0 Å². The van der Waals surface area contributed by atoms with Crippen molar-refractivity contribution >= 4 is 28.9 Å². The molecule has 8 heteroatoms. The van der Waals surface area contributed by atoms with Crippen molar-refractivity contribution in [3.8, 4) is 11.5 Å². The Morgan fingerprint density at radius 3 is 2.46 bits per heavy atom. The predicted octanol–water partition coefficient (Wildman–Crippen LogP) is 3.66. The molecule has 2 rings (SSSR count). The minimum absolute atomic E-state index is 0.116. The number of nitrogens with zero attached hydrogens (tertiary/aromatic N) is 1. The van der Waals surface area contributed by atoms with E-state index in [9.17, 15) is 14.9 Å². The van der Waals surface area contributed by atoms with Crippen LogP contribution in [-0.2, 0) is 4.79 Å². The summed E-state index contributed by atoms with van der Waals surface area (Å²) in [5.74, 6) is 0.00285. The quantitative estimate of drug-likeness (QED) is 0.634. The van der Waals surface area contributed by atoms with Gasteiger partial charge in [0.15, 0.2) is 17.6 Å². The molecule has 2 aromatic carbocycles. The van der Waals surface area contributed by atoms with Crippen LogP contribution in [0.2, 0.25) is 5.02 Å². The number of benzene rings is 2. The molecule has 0 aliphatic rings. The van der Waals surface area contributed by atoms with Crippen LogP contribution >= 0.6 is 11.6 Å². The lowest BCUT2D eigenvalue weighted by Gasteiger charge is -2.16. The van der Waals surface area contributed by atoms with E-state index in [1.165, 1.54) is 32.2 Å². The van der Waals surface area contributed by atoms with Crippen molar-refractivity contribution in [1.29, 1.82) is 0 Å². The van der Waals surface area contributed by atoms with E-state index < -0.39 is 16.9 Å². The number of nitro groups is 1. The largest absolute Gasteiger partial charge is 0.493 e. The molecule has 0 spiro atoms. The Morgan fingerprint density at radius 2 is 1.88 bits per heavy atom. The van der Waals surface area contributed by atoms with Crippen molar-refractivity contribution < 1.29 is 19.2 Å². The molecule has 1 amide bonds. The molecule has 0 radical (unpaired) electrons. The minimum atomic E-state index is -0.892. The molecule has 2 aromatic rings. The highest BCUT2D eigenvalue weighted by Gasteiger charge is 2.19. The molecule has 0 saturated heterocycles. The molecule has 1 atom stereocenters. The van der Waals surface area contributed by atoms with Crippen molar-refractivity contribution in [3.05, 3.63) is 57.6 Å². The smallest absolute Gasteiger partial charge is 0.273 e. The van der Waals surface area contributed by atoms with Crippen LogP contribution in [0, 0.1) is 10.1 Å². The summed E-state index contributed by atoms with van der Waals surface area (Å²) in [5.41, 5.74) is 0.405. The maximum Gasteiger partial charge on any atom is 0.273 e. The first-order chi connectivity index (χ1) is 11.4. The van der Waals surface area contributed by atoms with Crippen molar-refractivity contribution in [2.24, 2.45) is 0 Å². The molecule has 0 saturated carbocycles. The molecule has 0 aliphatic carbocycles. The summed E-state index contributed by atoms with van der Waals surface area (Å²) in [5, 5.41) is 14.1. The number of ether oxygens (including phenoxy) is 2. The first-order valence-electron chi connectivity index (χ1n) is 6.96. The second-order valence-electron chi connectivity index (χ2n) is 4.85. The third-order valence-corrected chi connectivity index (χ3v) is 3.39. The first kappa shape index (κ1) is 17.6. The molecular formula is C16H15ClN2O5. The van der Waals surface area contributed by atoms with Crippen LogP contribution in [0.3, 0.4) is 0 Å². The number of hydrogen-bond donors (Lipinski definition) is 1. The fraction of sp³-hybridized carbons (Fsp3) is 0.188. The Balaban J connectivity index is 2.11. The normalized spacial score (nSPS) is 11.5. The molecule has 0 fully saturated rings. The third-order valence-electron chi connectivity index (χ3n) is 3.14. The van der Waals surface area contributed by atoms with Gasteiger partial charge in [-0.3, -0.25) is 14.9 Å². The summed E-state index contributed by atoms with van der Waals surface area (Å²) >= 11 is 5.79. The molecule has 0 heterocycles. The lowest BCUT2D eigenvalue weighted by Crippen LogP contribution is -2.30. The topological polar surface area (TPSA) is 90.7 Å². The van der Waals surface area contributed by atoms with E-state index in [0.717, 1.165) is 0 Å². The zero-order valence-corrected chi connectivity index (χ0v) is 13.7. The summed E-state index contributed by atoms with van der Waals surface area (Å²) < 4.78 is 10.6. The number of carbonyl (C=O) groups is 1. The number of anilines is 1. The standard InChI is InChI=1S/C16H15ClN2O5/c1-10(16(20)18-12-5-3-11(17)4-6-12)24-15-9-13(19(21)22)7-8-14(15)23-2/h3-10H,1-2H3,(H,18,20). The monoisotopic (exact) mass is 350 g/mol. The highest BCUT2D eigenvalue weighted by molar-refractivity contribution is 6.30. The number of non-ortho nitro benzene ring substituents is 1. The predicted molar refractivity (Wildman–Crippen MR) is 89.8 cm³/mol. The Kier molecular flexibility index (Phi) is 5.59. The average molecular weight is 351 g/mol. The second-order valence-corrected chi connectivity index (χ2v) is 5.28. The summed E-state index contributed by atoms with van der Waals surface area (Å²) in [6.45, 7) is 1.53. The molecule has 0 aliphatic heterocycles. The SMILES string of the molecule is COc1ccc([N+](=O)[O-])cc1OC(C)C(=O)Nc1ccc(Cl)cc1. The molecule has 24 heavy (non-hydrogen) atoms. The Labute approximate surface area is 143 Å². The number of amides is 1. The maximum absolute atomic E-state index is 12.2. The maximum atomic E-state index is 12.2. The van der Waals surface area contributed by atoms with Crippen LogP contribution in [0.5, 0.6) is 11.5 Å². The number of halogens is 1. The highest BCUT2D eigenvalue weighted by Crippen LogP contribution is 2.32. The summed E-state index contributed by atoms with van der Waals surface area (Å²) in [6, 6.07) is 10.5.